The van der Waals surface area contributed by atoms with Crippen molar-refractivity contribution in [2.75, 3.05) is 0 Å². The van der Waals surface area contributed by atoms with Crippen LogP contribution in [0.5, 0.6) is 0 Å². The minimum Gasteiger partial charge on any atom is -0.284 e. The van der Waals surface area contributed by atoms with E-state index < -0.39 is 11.4 Å². The normalized spacial score (nSPS) is 5.88. The van der Waals surface area contributed by atoms with Crippen LogP contribution in [-0.2, 0) is 11.4 Å². The average molecular weight is 146 g/mol. The molecule has 5 heteroatoms. The summed E-state index contributed by atoms with van der Waals surface area (Å²) in [5, 5.41) is 0. The van der Waals surface area contributed by atoms with Gasteiger partial charge in [-0.05, 0) is 0 Å². The van der Waals surface area contributed by atoms with Gasteiger partial charge in [0, 0.05) is 0 Å². The molecule has 0 aliphatic rings. The maximum atomic E-state index is 8.67. The van der Waals surface area contributed by atoms with Crippen molar-refractivity contribution in [2.24, 2.45) is 0 Å². The molecule has 8 heavy (non-hydrogen) atoms. The zero-order valence-corrected chi connectivity index (χ0v) is 7.52. The van der Waals surface area contributed by atoms with Gasteiger partial charge in [0.1, 0.15) is 0 Å². The standard InChI is InChI=1S/C3H5.Na.H2O3S/c1-3-2;;1-4(2)3/h3H,1-2H2;;(H2,1,2,3)/q-1;+1;. The first-order valence-electron chi connectivity index (χ1n) is 1.35. The summed E-state index contributed by atoms with van der Waals surface area (Å²) in [6.45, 7) is 6.50. The molecule has 0 saturated carbocycles. The van der Waals surface area contributed by atoms with Crippen LogP contribution in [0.3, 0.4) is 0 Å². The Hall–Kier alpha value is 0.680. The summed E-state index contributed by atoms with van der Waals surface area (Å²) in [7, 11) is 0. The van der Waals surface area contributed by atoms with Crippen molar-refractivity contribution in [1.82, 2.24) is 0 Å². The minimum absolute atomic E-state index is 0. The Kier molecular flexibility index (Phi) is 31.0. The second-order valence-corrected chi connectivity index (χ2v) is 0.981. The van der Waals surface area contributed by atoms with E-state index in [1.807, 2.05) is 0 Å². The molecule has 0 aliphatic carbocycles. The van der Waals surface area contributed by atoms with Crippen molar-refractivity contribution >= 4 is 11.4 Å². The van der Waals surface area contributed by atoms with Gasteiger partial charge in [0.25, 0.3) is 11.4 Å². The molecule has 0 radical (unpaired) electrons. The van der Waals surface area contributed by atoms with Gasteiger partial charge in [-0.1, -0.05) is 0 Å². The predicted molar refractivity (Wildman–Crippen MR) is 29.0 cm³/mol. The maximum Gasteiger partial charge on any atom is 1.00 e. The van der Waals surface area contributed by atoms with Crippen molar-refractivity contribution in [3.8, 4) is 0 Å². The van der Waals surface area contributed by atoms with Gasteiger partial charge < -0.3 is 0 Å². The Balaban J connectivity index is -0.0000000575. The van der Waals surface area contributed by atoms with Gasteiger partial charge in [0.15, 0.2) is 0 Å². The molecule has 0 fully saturated rings. The van der Waals surface area contributed by atoms with Crippen LogP contribution in [0, 0.1) is 6.92 Å². The number of hydrogen-bond donors (Lipinski definition) is 2. The van der Waals surface area contributed by atoms with E-state index in [0.29, 0.717) is 0 Å². The molecule has 0 spiro atoms. The number of hydrogen-bond acceptors (Lipinski definition) is 1. The Labute approximate surface area is 73.6 Å². The molecular weight excluding hydrogens is 139 g/mol. The van der Waals surface area contributed by atoms with Crippen molar-refractivity contribution < 1.29 is 42.9 Å². The maximum absolute atomic E-state index is 8.67. The van der Waals surface area contributed by atoms with E-state index in [-0.39, 0.29) is 29.6 Å². The van der Waals surface area contributed by atoms with Crippen LogP contribution in [0.1, 0.15) is 0 Å². The zero-order chi connectivity index (χ0) is 6.28. The van der Waals surface area contributed by atoms with Gasteiger partial charge in [-0.15, -0.1) is 0 Å². The quantitative estimate of drug-likeness (QED) is 0.229. The third-order valence-electron chi connectivity index (χ3n) is 0. The first-order valence-corrected chi connectivity index (χ1v) is 2.41. The second-order valence-electron chi connectivity index (χ2n) is 0.519. The van der Waals surface area contributed by atoms with Crippen molar-refractivity contribution in [3.63, 3.8) is 0 Å². The molecular formula is C3H7NaO3S. The van der Waals surface area contributed by atoms with E-state index in [1.165, 1.54) is 6.08 Å². The van der Waals surface area contributed by atoms with Gasteiger partial charge in [-0.25, -0.2) is 19.6 Å². The smallest absolute Gasteiger partial charge is 0.284 e. The Morgan fingerprint density at radius 2 is 1.62 bits per heavy atom. The van der Waals surface area contributed by atoms with Gasteiger partial charge in [-0.2, -0.15) is 4.21 Å². The minimum atomic E-state index is -2.61. The third kappa shape index (κ3) is 466. The first kappa shape index (κ1) is 15.9. The molecule has 44 valence electrons. The topological polar surface area (TPSA) is 57.5 Å². The molecule has 0 saturated heterocycles. The van der Waals surface area contributed by atoms with Crippen molar-refractivity contribution in [3.05, 3.63) is 19.6 Å². The monoisotopic (exact) mass is 146 g/mol. The van der Waals surface area contributed by atoms with E-state index in [4.69, 9.17) is 13.3 Å². The van der Waals surface area contributed by atoms with Crippen molar-refractivity contribution in [1.29, 1.82) is 0 Å². The fourth-order valence-corrected chi connectivity index (χ4v) is 0. The molecule has 0 aromatic heterocycles. The van der Waals surface area contributed by atoms with E-state index in [1.54, 1.807) is 0 Å². The van der Waals surface area contributed by atoms with E-state index >= 15 is 0 Å². The molecule has 0 aliphatic heterocycles. The molecule has 0 heterocycles. The average Bonchev–Trinajstić information content (AvgIpc) is 1.33. The summed E-state index contributed by atoms with van der Waals surface area (Å²) in [5.74, 6) is 0. The largest absolute Gasteiger partial charge is 1.00 e. The predicted octanol–water partition coefficient (Wildman–Crippen LogP) is -2.31. The van der Waals surface area contributed by atoms with E-state index in [2.05, 4.69) is 13.5 Å². The zero-order valence-electron chi connectivity index (χ0n) is 4.70. The summed E-state index contributed by atoms with van der Waals surface area (Å²) in [6, 6.07) is 0. The van der Waals surface area contributed by atoms with Gasteiger partial charge >= 0.3 is 29.6 Å². The summed E-state index contributed by atoms with van der Waals surface area (Å²) < 4.78 is 22.8. The van der Waals surface area contributed by atoms with E-state index in [0.717, 1.165) is 0 Å². The molecule has 0 rings (SSSR count). The molecule has 0 unspecified atom stereocenters. The van der Waals surface area contributed by atoms with Crippen LogP contribution >= 0.6 is 0 Å². The number of allylic oxidation sites excluding steroid dienone is 1. The molecule has 2 N–H and O–H groups in total. The third-order valence-corrected chi connectivity index (χ3v) is 0. The molecule has 0 aromatic rings. The summed E-state index contributed by atoms with van der Waals surface area (Å²) >= 11 is -2.61. The van der Waals surface area contributed by atoms with Crippen LogP contribution < -0.4 is 29.6 Å². The van der Waals surface area contributed by atoms with Gasteiger partial charge in [0.05, 0.1) is 0 Å². The first-order chi connectivity index (χ1) is 3.15. The van der Waals surface area contributed by atoms with E-state index in [9.17, 15) is 0 Å². The van der Waals surface area contributed by atoms with Crippen LogP contribution in [0.25, 0.3) is 0 Å². The van der Waals surface area contributed by atoms with Crippen molar-refractivity contribution in [2.45, 2.75) is 0 Å². The van der Waals surface area contributed by atoms with Gasteiger partial charge in [-0.3, -0.25) is 9.11 Å². The molecule has 0 aromatic carbocycles. The Morgan fingerprint density at radius 1 is 1.62 bits per heavy atom. The van der Waals surface area contributed by atoms with Crippen LogP contribution in [0.4, 0.5) is 0 Å². The number of rotatable bonds is 0. The molecule has 0 amide bonds. The SMILES string of the molecule is C=C[CH2-].O=S(O)O.[Na+]. The Bertz CT molecular complexity index is 61.5. The molecule has 0 atom stereocenters. The van der Waals surface area contributed by atoms with Gasteiger partial charge in [0.2, 0.25) is 0 Å². The Morgan fingerprint density at radius 3 is 1.62 bits per heavy atom. The molecule has 3 nitrogen and oxygen atoms in total. The van der Waals surface area contributed by atoms with Crippen LogP contribution in [0.15, 0.2) is 12.7 Å². The fraction of sp³-hybridized carbons (Fsp3) is 0. The summed E-state index contributed by atoms with van der Waals surface area (Å²) in [5.41, 5.74) is 0. The molecule has 0 bridgehead atoms. The van der Waals surface area contributed by atoms with Crippen LogP contribution in [0.2, 0.25) is 0 Å². The van der Waals surface area contributed by atoms with Crippen LogP contribution in [-0.4, -0.2) is 13.3 Å². The fourth-order valence-electron chi connectivity index (χ4n) is 0. The summed E-state index contributed by atoms with van der Waals surface area (Å²) in [4.78, 5) is 0. The summed E-state index contributed by atoms with van der Waals surface area (Å²) in [6.07, 6.45) is 1.50. The second kappa shape index (κ2) is 15.6.